The van der Waals surface area contributed by atoms with E-state index in [1.54, 1.807) is 12.4 Å². The third-order valence-electron chi connectivity index (χ3n) is 6.27. The topological polar surface area (TPSA) is 82.5 Å². The van der Waals surface area contributed by atoms with Gasteiger partial charge in [0.1, 0.15) is 17.0 Å². The number of fused-ring (bicyclic) bond motifs is 1. The lowest BCUT2D eigenvalue weighted by Crippen LogP contribution is -2.43. The summed E-state index contributed by atoms with van der Waals surface area (Å²) in [6, 6.07) is 24.4. The predicted molar refractivity (Wildman–Crippen MR) is 125 cm³/mol. The van der Waals surface area contributed by atoms with E-state index in [1.807, 2.05) is 36.4 Å². The number of benzene rings is 2. The number of hydrogen-bond acceptors (Lipinski definition) is 5. The van der Waals surface area contributed by atoms with Gasteiger partial charge in [-0.3, -0.25) is 9.55 Å². The molecule has 2 aromatic carbocycles. The fraction of sp³-hybridized carbons (Fsp3) is 0.154. The summed E-state index contributed by atoms with van der Waals surface area (Å²) < 4.78 is 2.09. The van der Waals surface area contributed by atoms with Crippen molar-refractivity contribution >= 4 is 11.2 Å². The minimum absolute atomic E-state index is 0.188. The Morgan fingerprint density at radius 2 is 1.59 bits per heavy atom. The first-order chi connectivity index (χ1) is 15.7. The Labute approximate surface area is 185 Å². The van der Waals surface area contributed by atoms with Crippen molar-refractivity contribution in [2.75, 3.05) is 0 Å². The Hall–Kier alpha value is -3.90. The van der Waals surface area contributed by atoms with E-state index in [4.69, 9.17) is 15.7 Å². The third kappa shape index (κ3) is 3.08. The smallest absolute Gasteiger partial charge is 0.180 e. The molecule has 0 atom stereocenters. The van der Waals surface area contributed by atoms with Crippen LogP contribution < -0.4 is 5.73 Å². The normalized spacial score (nSPS) is 14.9. The lowest BCUT2D eigenvalue weighted by molar-refractivity contribution is 0.253. The second-order valence-electron chi connectivity index (χ2n) is 8.31. The van der Waals surface area contributed by atoms with Crippen LogP contribution in [0.15, 0.2) is 85.2 Å². The molecular formula is C26H22N6. The fourth-order valence-corrected chi connectivity index (χ4v) is 4.31. The van der Waals surface area contributed by atoms with Crippen LogP contribution in [0.3, 0.4) is 0 Å². The van der Waals surface area contributed by atoms with Crippen molar-refractivity contribution < 1.29 is 0 Å². The molecule has 0 bridgehead atoms. The first-order valence-electron chi connectivity index (χ1n) is 10.8. The van der Waals surface area contributed by atoms with Gasteiger partial charge in [0.25, 0.3) is 0 Å². The average molecular weight is 419 g/mol. The molecule has 1 saturated carbocycles. The van der Waals surface area contributed by atoms with Gasteiger partial charge in [-0.1, -0.05) is 48.5 Å². The van der Waals surface area contributed by atoms with Crippen LogP contribution >= 0.6 is 0 Å². The van der Waals surface area contributed by atoms with E-state index >= 15 is 0 Å². The predicted octanol–water partition coefficient (Wildman–Crippen LogP) is 4.88. The Balaban J connectivity index is 1.55. The average Bonchev–Trinajstić information content (AvgIpc) is 3.22. The molecule has 6 rings (SSSR count). The van der Waals surface area contributed by atoms with Gasteiger partial charge in [0, 0.05) is 23.0 Å². The molecule has 0 radical (unpaired) electrons. The zero-order valence-corrected chi connectivity index (χ0v) is 17.5. The van der Waals surface area contributed by atoms with Crippen LogP contribution in [0.4, 0.5) is 0 Å². The van der Waals surface area contributed by atoms with Crippen LogP contribution in [0.25, 0.3) is 39.8 Å². The Morgan fingerprint density at radius 1 is 0.812 bits per heavy atom. The minimum atomic E-state index is -0.188. The molecule has 1 fully saturated rings. The Morgan fingerprint density at radius 3 is 2.28 bits per heavy atom. The third-order valence-corrected chi connectivity index (χ3v) is 6.27. The molecule has 1 aliphatic carbocycles. The highest BCUT2D eigenvalue weighted by atomic mass is 15.2. The molecule has 32 heavy (non-hydrogen) atoms. The summed E-state index contributed by atoms with van der Waals surface area (Å²) in [7, 11) is 0. The maximum atomic E-state index is 6.54. The molecular weight excluding hydrogens is 396 g/mol. The number of pyridine rings is 1. The van der Waals surface area contributed by atoms with Crippen molar-refractivity contribution in [1.29, 1.82) is 0 Å². The molecule has 0 unspecified atom stereocenters. The maximum absolute atomic E-state index is 6.54. The summed E-state index contributed by atoms with van der Waals surface area (Å²) in [6.07, 6.45) is 6.78. The van der Waals surface area contributed by atoms with Crippen molar-refractivity contribution in [3.05, 3.63) is 90.8 Å². The standard InChI is InChI=1S/C26H22N6/c27-26(14-6-15-26)19-10-12-20(13-11-19)32-24(18-7-2-1-3-8-18)30-22-17-29-23(31-25(22)32)21-9-4-5-16-28-21/h1-5,7-13,16-17H,6,14-15,27H2. The van der Waals surface area contributed by atoms with Gasteiger partial charge in [-0.05, 0) is 49.1 Å². The summed E-state index contributed by atoms with van der Waals surface area (Å²) in [5, 5.41) is 0. The summed E-state index contributed by atoms with van der Waals surface area (Å²) >= 11 is 0. The monoisotopic (exact) mass is 418 g/mol. The number of imidazole rings is 1. The maximum Gasteiger partial charge on any atom is 0.180 e. The van der Waals surface area contributed by atoms with Gasteiger partial charge in [0.05, 0.1) is 6.20 Å². The zero-order chi connectivity index (χ0) is 21.5. The summed E-state index contributed by atoms with van der Waals surface area (Å²) in [6.45, 7) is 0. The van der Waals surface area contributed by atoms with Gasteiger partial charge in [-0.25, -0.2) is 15.0 Å². The molecule has 1 aliphatic rings. The van der Waals surface area contributed by atoms with E-state index < -0.39 is 0 Å². The molecule has 6 heteroatoms. The number of hydrogen-bond donors (Lipinski definition) is 1. The quantitative estimate of drug-likeness (QED) is 0.450. The van der Waals surface area contributed by atoms with E-state index in [-0.39, 0.29) is 5.54 Å². The van der Waals surface area contributed by atoms with Crippen molar-refractivity contribution in [2.24, 2.45) is 5.73 Å². The summed E-state index contributed by atoms with van der Waals surface area (Å²) in [4.78, 5) is 18.7. The largest absolute Gasteiger partial charge is 0.321 e. The van der Waals surface area contributed by atoms with Crippen LogP contribution in [0.5, 0.6) is 0 Å². The second-order valence-corrected chi connectivity index (χ2v) is 8.31. The lowest BCUT2D eigenvalue weighted by atomic mass is 9.73. The van der Waals surface area contributed by atoms with Gasteiger partial charge >= 0.3 is 0 Å². The first kappa shape index (κ1) is 18.8. The highest BCUT2D eigenvalue weighted by molar-refractivity contribution is 5.80. The number of aromatic nitrogens is 5. The van der Waals surface area contributed by atoms with E-state index in [9.17, 15) is 0 Å². The van der Waals surface area contributed by atoms with Crippen molar-refractivity contribution in [3.8, 4) is 28.6 Å². The summed E-state index contributed by atoms with van der Waals surface area (Å²) in [5.74, 6) is 1.40. The number of nitrogens with zero attached hydrogens (tertiary/aromatic N) is 5. The van der Waals surface area contributed by atoms with E-state index in [0.29, 0.717) is 5.82 Å². The Bertz CT molecular complexity index is 1390. The number of nitrogens with two attached hydrogens (primary N) is 1. The van der Waals surface area contributed by atoms with E-state index in [1.165, 1.54) is 12.0 Å². The lowest BCUT2D eigenvalue weighted by Gasteiger charge is -2.38. The van der Waals surface area contributed by atoms with Crippen LogP contribution in [0, 0.1) is 0 Å². The van der Waals surface area contributed by atoms with E-state index in [0.717, 1.165) is 46.8 Å². The molecule has 3 aromatic heterocycles. The van der Waals surface area contributed by atoms with Crippen LogP contribution in [-0.2, 0) is 5.54 Å². The second kappa shape index (κ2) is 7.35. The zero-order valence-electron chi connectivity index (χ0n) is 17.5. The highest BCUT2D eigenvalue weighted by Crippen LogP contribution is 2.39. The van der Waals surface area contributed by atoms with Gasteiger partial charge in [-0.15, -0.1) is 0 Å². The first-order valence-corrected chi connectivity index (χ1v) is 10.8. The molecule has 2 N–H and O–H groups in total. The molecule has 0 spiro atoms. The molecule has 156 valence electrons. The van der Waals surface area contributed by atoms with Gasteiger partial charge in [-0.2, -0.15) is 0 Å². The summed E-state index contributed by atoms with van der Waals surface area (Å²) in [5.41, 5.74) is 11.8. The molecule has 0 amide bonds. The van der Waals surface area contributed by atoms with Gasteiger partial charge in [0.2, 0.25) is 0 Å². The molecule has 0 saturated heterocycles. The van der Waals surface area contributed by atoms with Crippen molar-refractivity contribution in [3.63, 3.8) is 0 Å². The van der Waals surface area contributed by atoms with Gasteiger partial charge < -0.3 is 5.73 Å². The highest BCUT2D eigenvalue weighted by Gasteiger charge is 2.34. The van der Waals surface area contributed by atoms with E-state index in [2.05, 4.69) is 50.9 Å². The molecule has 6 nitrogen and oxygen atoms in total. The molecule has 0 aliphatic heterocycles. The van der Waals surface area contributed by atoms with Crippen molar-refractivity contribution in [1.82, 2.24) is 24.5 Å². The van der Waals surface area contributed by atoms with Crippen LogP contribution in [0.2, 0.25) is 0 Å². The molecule has 3 heterocycles. The minimum Gasteiger partial charge on any atom is -0.321 e. The Kier molecular flexibility index (Phi) is 4.33. The van der Waals surface area contributed by atoms with Crippen molar-refractivity contribution in [2.45, 2.75) is 24.8 Å². The number of rotatable bonds is 4. The molecule has 5 aromatic rings. The SMILES string of the molecule is NC1(c2ccc(-n3c(-c4ccccc4)nc4cnc(-c5ccccn5)nc43)cc2)CCC1. The fourth-order valence-electron chi connectivity index (χ4n) is 4.31. The van der Waals surface area contributed by atoms with Crippen LogP contribution in [0.1, 0.15) is 24.8 Å². The van der Waals surface area contributed by atoms with Crippen LogP contribution in [-0.4, -0.2) is 24.5 Å². The van der Waals surface area contributed by atoms with Gasteiger partial charge in [0.15, 0.2) is 11.5 Å².